The molecule has 3 N–H and O–H groups in total. The highest BCUT2D eigenvalue weighted by Gasteiger charge is 2.61. The van der Waals surface area contributed by atoms with E-state index in [4.69, 9.17) is 14.2 Å². The maximum absolute atomic E-state index is 12.2. The first-order valence-electron chi connectivity index (χ1n) is 7.14. The number of Topliss-reactive ketones (excluding diaryl/α,β-unsaturated/α-hetero) is 3. The Morgan fingerprint density at radius 1 is 0.958 bits per heavy atom. The van der Waals surface area contributed by atoms with Gasteiger partial charge in [0, 0.05) is 21.3 Å². The summed E-state index contributed by atoms with van der Waals surface area (Å²) in [5.41, 5.74) is -5.12. The second-order valence-electron chi connectivity index (χ2n) is 5.62. The predicted octanol–water partition coefficient (Wildman–Crippen LogP) is -1.75. The Kier molecular flexibility index (Phi) is 8.30. The molecule has 0 fully saturated rings. The molecular formula is C15H26O9. The molecule has 0 saturated heterocycles. The monoisotopic (exact) mass is 350 g/mol. The van der Waals surface area contributed by atoms with Crippen molar-refractivity contribution in [1.82, 2.24) is 0 Å². The number of aliphatic hydroxyl groups is 3. The zero-order valence-corrected chi connectivity index (χ0v) is 14.7. The lowest BCUT2D eigenvalue weighted by Crippen LogP contribution is -2.71. The van der Waals surface area contributed by atoms with Gasteiger partial charge in [0.1, 0.15) is 18.3 Å². The van der Waals surface area contributed by atoms with E-state index in [0.717, 1.165) is 35.0 Å². The van der Waals surface area contributed by atoms with Gasteiger partial charge in [0.05, 0.1) is 6.61 Å². The predicted molar refractivity (Wildman–Crippen MR) is 81.4 cm³/mol. The standard InChI is InChI=1S/C15H26O9/c1-8(16)11(19)12(23-5)15(21,10(3)18)13(24-6)14(20,7-22-4)9(2)17/h11-13,19-21H,7H2,1-6H3/t11?,12-,13-,14+,15-/m1/s1. The van der Waals surface area contributed by atoms with Crippen LogP contribution < -0.4 is 0 Å². The fourth-order valence-electron chi connectivity index (χ4n) is 2.62. The van der Waals surface area contributed by atoms with Gasteiger partial charge in [-0.2, -0.15) is 0 Å². The average Bonchev–Trinajstić information content (AvgIpc) is 2.48. The van der Waals surface area contributed by atoms with Crippen LogP contribution in [0.4, 0.5) is 0 Å². The summed E-state index contributed by atoms with van der Waals surface area (Å²) < 4.78 is 14.8. The maximum Gasteiger partial charge on any atom is 0.181 e. The van der Waals surface area contributed by atoms with Gasteiger partial charge in [-0.1, -0.05) is 0 Å². The van der Waals surface area contributed by atoms with Crippen molar-refractivity contribution in [3.8, 4) is 0 Å². The molecule has 0 aromatic heterocycles. The topological polar surface area (TPSA) is 140 Å². The van der Waals surface area contributed by atoms with E-state index in [0.29, 0.717) is 0 Å². The minimum atomic E-state index is -2.70. The maximum atomic E-state index is 12.2. The van der Waals surface area contributed by atoms with Crippen LogP contribution in [0.5, 0.6) is 0 Å². The molecule has 24 heavy (non-hydrogen) atoms. The summed E-state index contributed by atoms with van der Waals surface area (Å²) in [6, 6.07) is 0. The number of hydrogen-bond donors (Lipinski definition) is 3. The molecule has 0 aliphatic heterocycles. The zero-order valence-electron chi connectivity index (χ0n) is 14.7. The van der Waals surface area contributed by atoms with Gasteiger partial charge in [-0.25, -0.2) is 0 Å². The number of aliphatic hydroxyl groups excluding tert-OH is 1. The Labute approximate surface area is 140 Å². The second kappa shape index (κ2) is 8.75. The molecule has 0 amide bonds. The minimum Gasteiger partial charge on any atom is -0.382 e. The van der Waals surface area contributed by atoms with E-state index in [1.165, 1.54) is 7.11 Å². The lowest BCUT2D eigenvalue weighted by Gasteiger charge is -2.45. The first-order chi connectivity index (χ1) is 10.9. The molecule has 9 heteroatoms. The van der Waals surface area contributed by atoms with Gasteiger partial charge in [0.15, 0.2) is 28.6 Å². The molecule has 0 aromatic carbocycles. The van der Waals surface area contributed by atoms with Crippen molar-refractivity contribution in [1.29, 1.82) is 0 Å². The summed E-state index contributed by atoms with van der Waals surface area (Å²) in [6.45, 7) is 2.42. The molecule has 0 rings (SSSR count). The zero-order chi connectivity index (χ0) is 19.3. The van der Waals surface area contributed by atoms with E-state index in [2.05, 4.69) is 0 Å². The molecule has 5 atom stereocenters. The van der Waals surface area contributed by atoms with Crippen LogP contribution in [0, 0.1) is 0 Å². The van der Waals surface area contributed by atoms with E-state index in [-0.39, 0.29) is 0 Å². The highest BCUT2D eigenvalue weighted by atomic mass is 16.5. The van der Waals surface area contributed by atoms with Crippen molar-refractivity contribution in [3.63, 3.8) is 0 Å². The quantitative estimate of drug-likeness (QED) is 0.396. The third-order valence-electron chi connectivity index (χ3n) is 4.00. The summed E-state index contributed by atoms with van der Waals surface area (Å²) in [6.07, 6.45) is -5.53. The first kappa shape index (κ1) is 22.8. The van der Waals surface area contributed by atoms with Crippen LogP contribution in [0.2, 0.25) is 0 Å². The Hall–Kier alpha value is -1.23. The number of rotatable bonds is 11. The van der Waals surface area contributed by atoms with Crippen LogP contribution in [0.15, 0.2) is 0 Å². The molecule has 0 saturated carbocycles. The number of hydrogen-bond acceptors (Lipinski definition) is 9. The van der Waals surface area contributed by atoms with E-state index in [1.54, 1.807) is 0 Å². The Balaban J connectivity index is 6.37. The van der Waals surface area contributed by atoms with Gasteiger partial charge < -0.3 is 29.5 Å². The van der Waals surface area contributed by atoms with E-state index < -0.39 is 53.5 Å². The van der Waals surface area contributed by atoms with Crippen molar-refractivity contribution in [2.24, 2.45) is 0 Å². The number of methoxy groups -OCH3 is 3. The molecule has 9 nitrogen and oxygen atoms in total. The number of carbonyl (C=O) groups is 3. The van der Waals surface area contributed by atoms with Gasteiger partial charge in [-0.15, -0.1) is 0 Å². The molecule has 0 aliphatic rings. The fourth-order valence-corrected chi connectivity index (χ4v) is 2.62. The Morgan fingerprint density at radius 3 is 1.71 bits per heavy atom. The molecule has 1 unspecified atom stereocenters. The van der Waals surface area contributed by atoms with Crippen molar-refractivity contribution in [3.05, 3.63) is 0 Å². The van der Waals surface area contributed by atoms with Crippen LogP contribution in [0.1, 0.15) is 20.8 Å². The number of ketones is 3. The van der Waals surface area contributed by atoms with Gasteiger partial charge in [0.2, 0.25) is 0 Å². The minimum absolute atomic E-state index is 0.594. The Morgan fingerprint density at radius 2 is 1.46 bits per heavy atom. The third-order valence-corrected chi connectivity index (χ3v) is 4.00. The lowest BCUT2D eigenvalue weighted by molar-refractivity contribution is -0.235. The van der Waals surface area contributed by atoms with Crippen molar-refractivity contribution in [2.75, 3.05) is 27.9 Å². The summed E-state index contributed by atoms with van der Waals surface area (Å²) in [4.78, 5) is 35.6. The van der Waals surface area contributed by atoms with E-state index in [1.807, 2.05) is 0 Å². The molecule has 0 radical (unpaired) electrons. The number of ether oxygens (including phenoxy) is 3. The smallest absolute Gasteiger partial charge is 0.181 e. The molecule has 0 bridgehead atoms. The molecule has 0 heterocycles. The van der Waals surface area contributed by atoms with E-state index >= 15 is 0 Å². The van der Waals surface area contributed by atoms with Crippen LogP contribution in [-0.4, -0.2) is 90.1 Å². The van der Waals surface area contributed by atoms with Crippen LogP contribution >= 0.6 is 0 Å². The molecular weight excluding hydrogens is 324 g/mol. The van der Waals surface area contributed by atoms with Crippen molar-refractivity contribution >= 4 is 17.3 Å². The average molecular weight is 350 g/mol. The Bertz CT molecular complexity index is 478. The second-order valence-corrected chi connectivity index (χ2v) is 5.62. The molecule has 0 aliphatic carbocycles. The highest BCUT2D eigenvalue weighted by Crippen LogP contribution is 2.32. The molecule has 0 aromatic rings. The number of carbonyl (C=O) groups excluding carboxylic acids is 3. The van der Waals surface area contributed by atoms with Crippen molar-refractivity contribution in [2.45, 2.75) is 50.3 Å². The van der Waals surface area contributed by atoms with Gasteiger partial charge in [0.25, 0.3) is 0 Å². The van der Waals surface area contributed by atoms with Gasteiger partial charge >= 0.3 is 0 Å². The largest absolute Gasteiger partial charge is 0.382 e. The SMILES string of the molecule is COC[C@](O)(C(C)=O)[C@@H](OC)[C@@](O)(C(C)=O)[C@H](OC)C(O)C(C)=O. The van der Waals surface area contributed by atoms with E-state index in [9.17, 15) is 29.7 Å². The van der Waals surface area contributed by atoms with Crippen molar-refractivity contribution < 1.29 is 43.9 Å². The van der Waals surface area contributed by atoms with Crippen LogP contribution in [0.3, 0.4) is 0 Å². The molecule has 140 valence electrons. The fraction of sp³-hybridized carbons (Fsp3) is 0.800. The van der Waals surface area contributed by atoms with Crippen LogP contribution in [0.25, 0.3) is 0 Å². The normalized spacial score (nSPS) is 20.4. The summed E-state index contributed by atoms with van der Waals surface area (Å²) >= 11 is 0. The van der Waals surface area contributed by atoms with Gasteiger partial charge in [-0.3, -0.25) is 14.4 Å². The summed E-state index contributed by atoms with van der Waals surface area (Å²) in [7, 11) is 3.31. The van der Waals surface area contributed by atoms with Gasteiger partial charge in [-0.05, 0) is 20.8 Å². The summed E-state index contributed by atoms with van der Waals surface area (Å²) in [5, 5.41) is 31.6. The first-order valence-corrected chi connectivity index (χ1v) is 7.14. The lowest BCUT2D eigenvalue weighted by atomic mass is 9.74. The van der Waals surface area contributed by atoms with Crippen LogP contribution in [-0.2, 0) is 28.6 Å². The highest BCUT2D eigenvalue weighted by molar-refractivity contribution is 5.92. The molecule has 0 spiro atoms. The summed E-state index contributed by atoms with van der Waals surface area (Å²) in [5.74, 6) is -2.60. The third kappa shape index (κ3) is 4.05.